The van der Waals surface area contributed by atoms with Crippen molar-refractivity contribution in [2.75, 3.05) is 47.4 Å². The van der Waals surface area contributed by atoms with Crippen LogP contribution in [0, 0.1) is 35.5 Å². The highest BCUT2D eigenvalue weighted by atomic mass is 16.5. The molecule has 6 aliphatic rings. The number of esters is 1. The van der Waals surface area contributed by atoms with Crippen LogP contribution in [0.15, 0.2) is 72.8 Å². The lowest BCUT2D eigenvalue weighted by Crippen LogP contribution is -2.37. The van der Waals surface area contributed by atoms with Crippen molar-refractivity contribution >= 4 is 35.5 Å². The predicted octanol–water partition coefficient (Wildman–Crippen LogP) is 1.40. The number of carbonyl (C=O) groups excluding carboxylic acids is 6. The summed E-state index contributed by atoms with van der Waals surface area (Å²) in [4.78, 5) is 76.3. The van der Waals surface area contributed by atoms with Gasteiger partial charge in [0.05, 0.1) is 59.1 Å². The van der Waals surface area contributed by atoms with Gasteiger partial charge in [0.1, 0.15) is 0 Å². The number of amides is 5. The molecule has 10 N–H and O–H groups in total. The van der Waals surface area contributed by atoms with E-state index in [1.54, 1.807) is 109 Å². The molecule has 3 fully saturated rings. The lowest BCUT2D eigenvalue weighted by Gasteiger charge is -2.13. The minimum Gasteiger partial charge on any atom is -0.461 e. The second-order valence-electron chi connectivity index (χ2n) is 21.9. The SMILES string of the molecule is C.CCOC(=O)c1nn(-c2cccc(C#C[C@]3(O)CCN(C)C3=O)c2)c2c1C(O)CC2.CN1CC[C@@](O)(C#Cc2cccc(-n3nc(C(N)=O)c4c3CC[C@@H]4O)c2)C1=O.CN1CC[C@@](O)(C#Cc2cccc(-n3nc(C(N)=O)c4c3CC[C@H]4O)c2)C1=O. The molecule has 6 aromatic rings. The zero-order chi connectivity index (χ0) is 61.6. The molecule has 0 bridgehead atoms. The topological polar surface area (TPSA) is 348 Å². The number of hydrogen-bond acceptors (Lipinski definition) is 16. The summed E-state index contributed by atoms with van der Waals surface area (Å²) >= 11 is 0. The molecular formula is C63H67N11O13. The average Bonchev–Trinajstić information content (AvgIpc) is 1.74. The molecule has 87 heavy (non-hydrogen) atoms. The maximum absolute atomic E-state index is 12.3. The smallest absolute Gasteiger partial charge is 0.359 e. The van der Waals surface area contributed by atoms with Crippen molar-refractivity contribution in [2.24, 2.45) is 11.5 Å². The predicted molar refractivity (Wildman–Crippen MR) is 313 cm³/mol. The largest absolute Gasteiger partial charge is 0.461 e. The van der Waals surface area contributed by atoms with Gasteiger partial charge in [0.25, 0.3) is 29.5 Å². The van der Waals surface area contributed by atoms with E-state index in [-0.39, 0.29) is 50.4 Å². The molecule has 6 heterocycles. The number of nitrogens with zero attached hydrogens (tertiary/aromatic N) is 9. The number of nitrogens with two attached hydrogens (primary N) is 2. The summed E-state index contributed by atoms with van der Waals surface area (Å²) in [5.41, 5.74) is 13.6. The van der Waals surface area contributed by atoms with E-state index in [9.17, 15) is 59.4 Å². The van der Waals surface area contributed by atoms with Crippen molar-refractivity contribution in [3.8, 4) is 52.6 Å². The van der Waals surface area contributed by atoms with Crippen LogP contribution in [-0.2, 0) is 38.4 Å². The van der Waals surface area contributed by atoms with Crippen LogP contribution in [-0.4, -0.2) is 174 Å². The van der Waals surface area contributed by atoms with Crippen molar-refractivity contribution in [1.82, 2.24) is 44.0 Å². The van der Waals surface area contributed by atoms with Crippen LogP contribution in [0.2, 0.25) is 0 Å². The first-order chi connectivity index (χ1) is 40.9. The molecule has 24 nitrogen and oxygen atoms in total. The number of aromatic nitrogens is 6. The first kappa shape index (κ1) is 62.1. The second-order valence-corrected chi connectivity index (χ2v) is 21.9. The summed E-state index contributed by atoms with van der Waals surface area (Å²) in [6.07, 6.45) is 1.80. The van der Waals surface area contributed by atoms with Gasteiger partial charge in [-0.2, -0.15) is 15.3 Å². The molecule has 1 unspecified atom stereocenters. The molecule has 0 saturated carbocycles. The number of benzene rings is 3. The Bertz CT molecular complexity index is 3810. The molecule has 452 valence electrons. The number of carbonyl (C=O) groups is 6. The van der Waals surface area contributed by atoms with Crippen LogP contribution in [0.25, 0.3) is 17.1 Å². The van der Waals surface area contributed by atoms with Crippen LogP contribution in [0.5, 0.6) is 0 Å². The zero-order valence-corrected chi connectivity index (χ0v) is 47.6. The normalized spacial score (nSPS) is 22.9. The van der Waals surface area contributed by atoms with Crippen LogP contribution >= 0.6 is 0 Å². The first-order valence-electron chi connectivity index (χ1n) is 27.9. The highest BCUT2D eigenvalue weighted by Gasteiger charge is 2.45. The molecule has 0 spiro atoms. The molecule has 3 aromatic heterocycles. The molecular weight excluding hydrogens is 1120 g/mol. The van der Waals surface area contributed by atoms with Crippen molar-refractivity contribution in [3.63, 3.8) is 0 Å². The maximum atomic E-state index is 12.3. The summed E-state index contributed by atoms with van der Waals surface area (Å²) in [7, 11) is 4.90. The number of primary amides is 2. The number of ether oxygens (including phenoxy) is 1. The number of hydrogen-bond donors (Lipinski definition) is 8. The highest BCUT2D eigenvalue weighted by Crippen LogP contribution is 2.38. The summed E-state index contributed by atoms with van der Waals surface area (Å²) in [6.45, 7) is 3.32. The van der Waals surface area contributed by atoms with Gasteiger partial charge in [0.2, 0.25) is 16.8 Å². The lowest BCUT2D eigenvalue weighted by molar-refractivity contribution is -0.138. The molecule has 3 aliphatic carbocycles. The van der Waals surface area contributed by atoms with Gasteiger partial charge < -0.3 is 61.5 Å². The molecule has 5 amide bonds. The fourth-order valence-electron chi connectivity index (χ4n) is 11.4. The Kier molecular flexibility index (Phi) is 17.5. The Morgan fingerprint density at radius 3 is 1.11 bits per heavy atom. The fraction of sp³-hybridized carbons (Fsp3) is 0.381. The lowest BCUT2D eigenvalue weighted by atomic mass is 10.0. The Balaban J connectivity index is 0.000000155. The van der Waals surface area contributed by atoms with E-state index >= 15 is 0 Å². The van der Waals surface area contributed by atoms with E-state index < -0.39 is 70.6 Å². The van der Waals surface area contributed by atoms with Crippen LogP contribution in [0.1, 0.15) is 153 Å². The van der Waals surface area contributed by atoms with E-state index in [1.165, 1.54) is 14.7 Å². The summed E-state index contributed by atoms with van der Waals surface area (Å²) in [6, 6.07) is 21.3. The number of fused-ring (bicyclic) bond motifs is 3. The monoisotopic (exact) mass is 1190 g/mol. The van der Waals surface area contributed by atoms with E-state index in [2.05, 4.69) is 50.8 Å². The summed E-state index contributed by atoms with van der Waals surface area (Å²) in [5.74, 6) is 13.6. The van der Waals surface area contributed by atoms with Gasteiger partial charge in [-0.3, -0.25) is 24.0 Å². The number of aliphatic hydroxyl groups excluding tert-OH is 3. The molecule has 3 aromatic carbocycles. The zero-order valence-electron chi connectivity index (χ0n) is 47.6. The Morgan fingerprint density at radius 1 is 0.540 bits per heavy atom. The van der Waals surface area contributed by atoms with Gasteiger partial charge in [-0.05, 0) is 100 Å². The second kappa shape index (κ2) is 24.5. The summed E-state index contributed by atoms with van der Waals surface area (Å²) < 4.78 is 9.91. The van der Waals surface area contributed by atoms with E-state index in [1.807, 2.05) is 6.07 Å². The first-order valence-corrected chi connectivity index (χ1v) is 27.9. The van der Waals surface area contributed by atoms with Crippen molar-refractivity contribution in [1.29, 1.82) is 0 Å². The minimum atomic E-state index is -1.67. The number of aliphatic hydroxyl groups is 6. The summed E-state index contributed by atoms with van der Waals surface area (Å²) in [5, 5.41) is 75.0. The quantitative estimate of drug-likeness (QED) is 0.0827. The fourth-order valence-corrected chi connectivity index (χ4v) is 11.4. The van der Waals surface area contributed by atoms with Crippen molar-refractivity contribution < 1.29 is 64.1 Å². The molecule has 0 radical (unpaired) electrons. The van der Waals surface area contributed by atoms with Gasteiger partial charge >= 0.3 is 5.97 Å². The number of likely N-dealkylation sites (N-methyl/N-ethyl adjacent to an activating group) is 3. The van der Waals surface area contributed by atoms with Crippen molar-refractivity contribution in [3.05, 3.63) is 140 Å². The molecule has 3 aliphatic heterocycles. The van der Waals surface area contributed by atoms with Crippen LogP contribution in [0.4, 0.5) is 0 Å². The number of likely N-dealkylation sites (tertiary alicyclic amines) is 3. The van der Waals surface area contributed by atoms with Crippen molar-refractivity contribution in [2.45, 2.75) is 107 Å². The van der Waals surface area contributed by atoms with Gasteiger partial charge in [0.15, 0.2) is 17.1 Å². The van der Waals surface area contributed by atoms with Gasteiger partial charge in [-0.1, -0.05) is 61.1 Å². The number of rotatable bonds is 7. The van der Waals surface area contributed by atoms with E-state index in [0.29, 0.717) is 109 Å². The maximum Gasteiger partial charge on any atom is 0.359 e. The van der Waals surface area contributed by atoms with Crippen LogP contribution in [0.3, 0.4) is 0 Å². The van der Waals surface area contributed by atoms with E-state index in [0.717, 1.165) is 17.1 Å². The molecule has 3 saturated heterocycles. The Labute approximate surface area is 500 Å². The standard InChI is InChI=1S/C22H23N3O5.2C20H20N4O4.CH4/c1-3-30-20(27)19-18-16(7-8-17(18)26)25(23-19)15-6-4-5-14(13-15)9-10-22(29)11-12-24(2)21(22)28;2*1-23-10-9-20(28,19(23)27)8-7-12-3-2-4-13(11-12)24-14-5-6-15(25)16(14)17(22-24)18(21)26;/h4-6,13,17,26,29H,3,7-8,11-12H2,1-2H3;2*2-4,11,15,25,28H,5-6,9-10H2,1H3,(H2,21,26);1H4/t17?,22-;15-,20+;15-,20-;/m010./s1. The minimum absolute atomic E-state index is 0. The van der Waals surface area contributed by atoms with Gasteiger partial charge in [-0.25, -0.2) is 18.8 Å². The molecule has 24 heteroatoms. The highest BCUT2D eigenvalue weighted by molar-refractivity contribution is 5.94. The third kappa shape index (κ3) is 12.0. The van der Waals surface area contributed by atoms with Gasteiger partial charge in [-0.15, -0.1) is 0 Å². The molecule has 12 rings (SSSR count). The van der Waals surface area contributed by atoms with E-state index in [4.69, 9.17) is 16.2 Å². The van der Waals surface area contributed by atoms with Gasteiger partial charge in [0, 0.05) is 93.4 Å². The Morgan fingerprint density at radius 2 is 0.839 bits per heavy atom. The third-order valence-electron chi connectivity index (χ3n) is 16.0. The average molecular weight is 1190 g/mol. The molecule has 6 atom stereocenters. The third-order valence-corrected chi connectivity index (χ3v) is 16.0. The van der Waals surface area contributed by atoms with Crippen LogP contribution < -0.4 is 11.5 Å². The Hall–Kier alpha value is -9.45.